The third-order valence-electron chi connectivity index (χ3n) is 6.81. The van der Waals surface area contributed by atoms with E-state index in [1.54, 1.807) is 67.6 Å². The van der Waals surface area contributed by atoms with Crippen LogP contribution in [-0.2, 0) is 12.1 Å². The Kier molecular flexibility index (Phi) is 7.69. The van der Waals surface area contributed by atoms with E-state index in [9.17, 15) is 18.0 Å². The summed E-state index contributed by atoms with van der Waals surface area (Å²) in [5, 5.41) is 2.89. The smallest absolute Gasteiger partial charge is 0.416 e. The van der Waals surface area contributed by atoms with Gasteiger partial charge in [-0.25, -0.2) is 0 Å². The van der Waals surface area contributed by atoms with Gasteiger partial charge in [0.05, 0.1) is 23.2 Å². The molecule has 0 radical (unpaired) electrons. The highest BCUT2D eigenvalue weighted by atomic mass is 19.4. The highest BCUT2D eigenvalue weighted by Crippen LogP contribution is 2.35. The molecule has 1 aromatic heterocycles. The van der Waals surface area contributed by atoms with E-state index >= 15 is 8.78 Å². The molecule has 1 heterocycles. The molecule has 4 aromatic carbocycles. The van der Waals surface area contributed by atoms with Crippen molar-refractivity contribution in [1.82, 2.24) is 10.3 Å². The number of rotatable bonds is 7. The Hall–Kier alpha value is -4.79. The first-order chi connectivity index (χ1) is 19.9. The monoisotopic (exact) mass is 576 g/mol. The summed E-state index contributed by atoms with van der Waals surface area (Å²) in [5.41, 5.74) is 1.90. The number of fused-ring (bicyclic) bond motifs is 1. The van der Waals surface area contributed by atoms with Gasteiger partial charge in [0.2, 0.25) is 0 Å². The summed E-state index contributed by atoms with van der Waals surface area (Å²) in [4.78, 5) is 17.9. The highest BCUT2D eigenvalue weighted by molar-refractivity contribution is 6.11. The SMILES string of the molecule is Cc1ccc(C(F)(F)CNC(=O)c2c(-c3ccc(Oc4cccc(C(F)(F)F)c4)cc3)cnc3ccccc23)c(C)c1. The minimum atomic E-state index is -4.51. The third kappa shape index (κ3) is 6.10. The van der Waals surface area contributed by atoms with Crippen molar-refractivity contribution in [2.24, 2.45) is 0 Å². The van der Waals surface area contributed by atoms with Crippen LogP contribution in [0.2, 0.25) is 0 Å². The number of carbonyl (C=O) groups is 1. The van der Waals surface area contributed by atoms with E-state index < -0.39 is 30.1 Å². The first-order valence-corrected chi connectivity index (χ1v) is 13.0. The number of hydrogen-bond donors (Lipinski definition) is 1. The van der Waals surface area contributed by atoms with Crippen molar-refractivity contribution >= 4 is 16.8 Å². The Balaban J connectivity index is 1.43. The van der Waals surface area contributed by atoms with Crippen LogP contribution in [0.4, 0.5) is 22.0 Å². The Morgan fingerprint density at radius 1 is 0.833 bits per heavy atom. The second-order valence-corrected chi connectivity index (χ2v) is 9.92. The van der Waals surface area contributed by atoms with Gasteiger partial charge < -0.3 is 10.1 Å². The molecule has 214 valence electrons. The van der Waals surface area contributed by atoms with Gasteiger partial charge in [0, 0.05) is 22.7 Å². The molecule has 0 saturated carbocycles. The van der Waals surface area contributed by atoms with E-state index in [1.165, 1.54) is 24.4 Å². The molecule has 1 N–H and O–H groups in total. The van der Waals surface area contributed by atoms with Crippen LogP contribution < -0.4 is 10.1 Å². The second kappa shape index (κ2) is 11.2. The van der Waals surface area contributed by atoms with Crippen LogP contribution in [0.15, 0.2) is 97.2 Å². The normalized spacial score (nSPS) is 11.9. The van der Waals surface area contributed by atoms with Gasteiger partial charge in [-0.05, 0) is 61.4 Å². The zero-order valence-corrected chi connectivity index (χ0v) is 22.6. The van der Waals surface area contributed by atoms with E-state index in [-0.39, 0.29) is 22.6 Å². The van der Waals surface area contributed by atoms with Crippen molar-refractivity contribution in [3.8, 4) is 22.6 Å². The lowest BCUT2D eigenvalue weighted by atomic mass is 9.96. The number of aromatic nitrogens is 1. The van der Waals surface area contributed by atoms with E-state index in [2.05, 4.69) is 10.3 Å². The molecule has 0 saturated heterocycles. The molecule has 0 spiro atoms. The van der Waals surface area contributed by atoms with E-state index in [4.69, 9.17) is 4.74 Å². The van der Waals surface area contributed by atoms with Crippen molar-refractivity contribution in [1.29, 1.82) is 0 Å². The molecule has 0 atom stereocenters. The maximum atomic E-state index is 15.2. The summed E-state index contributed by atoms with van der Waals surface area (Å²) < 4.78 is 75.1. The van der Waals surface area contributed by atoms with Gasteiger partial charge >= 0.3 is 6.18 Å². The summed E-state index contributed by atoms with van der Waals surface area (Å²) >= 11 is 0. The van der Waals surface area contributed by atoms with Crippen LogP contribution in [0.25, 0.3) is 22.0 Å². The lowest BCUT2D eigenvalue weighted by Crippen LogP contribution is -2.35. The lowest BCUT2D eigenvalue weighted by molar-refractivity contribution is -0.137. The number of nitrogens with one attached hydrogen (secondary N) is 1. The summed E-state index contributed by atoms with van der Waals surface area (Å²) in [5.74, 6) is -3.73. The molecule has 0 unspecified atom stereocenters. The summed E-state index contributed by atoms with van der Waals surface area (Å²) in [6.07, 6.45) is -3.02. The van der Waals surface area contributed by atoms with Crippen molar-refractivity contribution < 1.29 is 31.5 Å². The quantitative estimate of drug-likeness (QED) is 0.197. The van der Waals surface area contributed by atoms with E-state index in [0.717, 1.165) is 17.7 Å². The zero-order valence-electron chi connectivity index (χ0n) is 22.6. The fourth-order valence-corrected chi connectivity index (χ4v) is 4.78. The third-order valence-corrected chi connectivity index (χ3v) is 6.81. The number of aryl methyl sites for hydroxylation is 2. The van der Waals surface area contributed by atoms with Crippen molar-refractivity contribution in [2.75, 3.05) is 6.54 Å². The second-order valence-electron chi connectivity index (χ2n) is 9.92. The number of nitrogens with zero attached hydrogens (tertiary/aromatic N) is 1. The zero-order chi connectivity index (χ0) is 30.1. The molecule has 1 amide bonds. The number of carbonyl (C=O) groups excluding carboxylic acids is 1. The minimum absolute atomic E-state index is 0.00903. The summed E-state index contributed by atoms with van der Waals surface area (Å²) in [6, 6.07) is 22.4. The highest BCUT2D eigenvalue weighted by Gasteiger charge is 2.34. The topological polar surface area (TPSA) is 51.2 Å². The Morgan fingerprint density at radius 2 is 1.57 bits per heavy atom. The average molecular weight is 577 g/mol. The molecular weight excluding hydrogens is 551 g/mol. The van der Waals surface area contributed by atoms with Crippen molar-refractivity contribution in [2.45, 2.75) is 25.9 Å². The van der Waals surface area contributed by atoms with Gasteiger partial charge in [-0.15, -0.1) is 0 Å². The predicted octanol–water partition coefficient (Wildman–Crippen LogP) is 8.85. The molecule has 0 bridgehead atoms. The summed E-state index contributed by atoms with van der Waals surface area (Å²) in [6.45, 7) is 2.51. The van der Waals surface area contributed by atoms with Crippen LogP contribution in [0.3, 0.4) is 0 Å². The number of amides is 1. The van der Waals surface area contributed by atoms with E-state index in [1.807, 2.05) is 6.92 Å². The number of benzene rings is 4. The molecule has 0 aliphatic rings. The lowest BCUT2D eigenvalue weighted by Gasteiger charge is -2.21. The largest absolute Gasteiger partial charge is 0.457 e. The number of alkyl halides is 5. The Morgan fingerprint density at radius 3 is 2.29 bits per heavy atom. The van der Waals surface area contributed by atoms with Crippen LogP contribution in [0.1, 0.15) is 32.6 Å². The van der Waals surface area contributed by atoms with Gasteiger partial charge in [0.15, 0.2) is 0 Å². The number of hydrogen-bond acceptors (Lipinski definition) is 3. The molecule has 0 fully saturated rings. The number of halogens is 5. The number of ether oxygens (including phenoxy) is 1. The van der Waals surface area contributed by atoms with Crippen LogP contribution in [0.5, 0.6) is 11.5 Å². The predicted molar refractivity (Wildman–Crippen MR) is 151 cm³/mol. The molecule has 0 aliphatic carbocycles. The van der Waals surface area contributed by atoms with Crippen LogP contribution in [0, 0.1) is 13.8 Å². The van der Waals surface area contributed by atoms with E-state index in [0.29, 0.717) is 27.6 Å². The molecule has 5 rings (SSSR count). The minimum Gasteiger partial charge on any atom is -0.457 e. The van der Waals surface area contributed by atoms with Crippen LogP contribution in [-0.4, -0.2) is 17.4 Å². The molecule has 4 nitrogen and oxygen atoms in total. The van der Waals surface area contributed by atoms with Crippen molar-refractivity contribution in [3.05, 3.63) is 125 Å². The molecule has 5 aromatic rings. The summed E-state index contributed by atoms with van der Waals surface area (Å²) in [7, 11) is 0. The van der Waals surface area contributed by atoms with Gasteiger partial charge in [0.1, 0.15) is 11.5 Å². The number of para-hydroxylation sites is 1. The Labute approximate surface area is 238 Å². The van der Waals surface area contributed by atoms with Gasteiger partial charge in [0.25, 0.3) is 11.8 Å². The fourth-order valence-electron chi connectivity index (χ4n) is 4.78. The maximum absolute atomic E-state index is 15.2. The number of pyridine rings is 1. The fraction of sp³-hybridized carbons (Fsp3) is 0.152. The van der Waals surface area contributed by atoms with Crippen LogP contribution >= 0.6 is 0 Å². The first-order valence-electron chi connectivity index (χ1n) is 13.0. The van der Waals surface area contributed by atoms with Crippen molar-refractivity contribution in [3.63, 3.8) is 0 Å². The molecule has 9 heteroatoms. The van der Waals surface area contributed by atoms with Gasteiger partial charge in [-0.1, -0.05) is 60.2 Å². The average Bonchev–Trinajstić information content (AvgIpc) is 2.95. The first kappa shape index (κ1) is 28.7. The maximum Gasteiger partial charge on any atom is 0.416 e. The van der Waals surface area contributed by atoms with Gasteiger partial charge in [-0.3, -0.25) is 9.78 Å². The standard InChI is InChI=1S/C33H25F5N2O2/c1-20-10-15-28(21(2)16-20)32(34,35)19-40-31(41)30-26-8-3-4-9-29(26)39-18-27(30)22-11-13-24(14-12-22)42-25-7-5-6-23(17-25)33(36,37)38/h3-18H,19H2,1-2H3,(H,40,41). The molecule has 0 aliphatic heterocycles. The van der Waals surface area contributed by atoms with Gasteiger partial charge in [-0.2, -0.15) is 22.0 Å². The molecular formula is C33H25F5N2O2. The molecule has 42 heavy (non-hydrogen) atoms. The Bertz CT molecular complexity index is 1770.